The number of aryl methyl sites for hydroxylation is 2. The number of nitrogens with two attached hydrogens (primary N) is 1. The van der Waals surface area contributed by atoms with Crippen molar-refractivity contribution in [3.05, 3.63) is 57.9 Å². The second-order valence-corrected chi connectivity index (χ2v) is 4.83. The van der Waals surface area contributed by atoms with Gasteiger partial charge in [0.25, 0.3) is 0 Å². The largest absolute Gasteiger partial charge is 0.326 e. The fraction of sp³-hybridized carbons (Fsp3) is 0.200. The van der Waals surface area contributed by atoms with Gasteiger partial charge in [0.05, 0.1) is 5.02 Å². The fourth-order valence-electron chi connectivity index (χ4n) is 2.16. The summed E-state index contributed by atoms with van der Waals surface area (Å²) in [4.78, 5) is 0. The van der Waals surface area contributed by atoms with Crippen LogP contribution < -0.4 is 5.73 Å². The van der Waals surface area contributed by atoms with Gasteiger partial charge in [0, 0.05) is 6.54 Å². The molecule has 0 atom stereocenters. The Balaban J connectivity index is 0.00000180. The van der Waals surface area contributed by atoms with Gasteiger partial charge in [0.15, 0.2) is 0 Å². The summed E-state index contributed by atoms with van der Waals surface area (Å²) in [6.07, 6.45) is 0. The van der Waals surface area contributed by atoms with Crippen LogP contribution in [0.15, 0.2) is 30.3 Å². The maximum atomic E-state index is 13.1. The molecule has 0 radical (unpaired) electrons. The molecule has 0 aliphatic carbocycles. The Hall–Kier alpha value is -1.09. The van der Waals surface area contributed by atoms with Crippen molar-refractivity contribution in [3.8, 4) is 11.1 Å². The molecule has 0 spiro atoms. The van der Waals surface area contributed by atoms with Gasteiger partial charge in [-0.25, -0.2) is 4.39 Å². The van der Waals surface area contributed by atoms with Gasteiger partial charge in [-0.2, -0.15) is 0 Å². The third kappa shape index (κ3) is 3.27. The minimum Gasteiger partial charge on any atom is -0.326 e. The van der Waals surface area contributed by atoms with Gasteiger partial charge in [-0.15, -0.1) is 12.4 Å². The van der Waals surface area contributed by atoms with Crippen LogP contribution in [0.25, 0.3) is 11.1 Å². The van der Waals surface area contributed by atoms with Crippen LogP contribution in [-0.4, -0.2) is 0 Å². The molecule has 2 rings (SSSR count). The third-order valence-electron chi connectivity index (χ3n) is 3.15. The van der Waals surface area contributed by atoms with Crippen LogP contribution in [0.3, 0.4) is 0 Å². The molecule has 0 unspecified atom stereocenters. The maximum absolute atomic E-state index is 13.1. The molecule has 0 fully saturated rings. The minimum absolute atomic E-state index is 0. The van der Waals surface area contributed by atoms with Gasteiger partial charge in [0.2, 0.25) is 0 Å². The first-order valence-electron chi connectivity index (χ1n) is 5.78. The predicted octanol–water partition coefficient (Wildman–Crippen LogP) is 4.64. The number of halogens is 3. The Labute approximate surface area is 124 Å². The topological polar surface area (TPSA) is 26.0 Å². The number of hydrogen-bond donors (Lipinski definition) is 1. The summed E-state index contributed by atoms with van der Waals surface area (Å²) in [6.45, 7) is 4.59. The van der Waals surface area contributed by atoms with Gasteiger partial charge in [-0.3, -0.25) is 0 Å². The van der Waals surface area contributed by atoms with E-state index in [1.165, 1.54) is 6.07 Å². The van der Waals surface area contributed by atoms with Crippen molar-refractivity contribution in [2.75, 3.05) is 0 Å². The monoisotopic (exact) mass is 299 g/mol. The Morgan fingerprint density at radius 2 is 1.63 bits per heavy atom. The molecule has 2 N–H and O–H groups in total. The number of rotatable bonds is 2. The van der Waals surface area contributed by atoms with Crippen molar-refractivity contribution in [1.29, 1.82) is 0 Å². The zero-order valence-electron chi connectivity index (χ0n) is 10.8. The van der Waals surface area contributed by atoms with Gasteiger partial charge in [-0.1, -0.05) is 29.8 Å². The molecular formula is C15H16Cl2FN. The molecule has 4 heteroatoms. The molecule has 0 aromatic heterocycles. The molecule has 0 saturated heterocycles. The Kier molecular flexibility index (Phi) is 5.36. The Morgan fingerprint density at radius 3 is 2.11 bits per heavy atom. The van der Waals surface area contributed by atoms with Crippen LogP contribution in [0, 0.1) is 19.7 Å². The van der Waals surface area contributed by atoms with E-state index in [0.29, 0.717) is 6.54 Å². The molecule has 0 amide bonds. The van der Waals surface area contributed by atoms with E-state index in [1.807, 2.05) is 13.8 Å². The summed E-state index contributed by atoms with van der Waals surface area (Å²) >= 11 is 5.81. The standard InChI is InChI=1S/C15H15ClFN.ClH/c1-9-5-12(6-10(2)13(9)8-18)11-3-4-15(17)14(16)7-11;/h3-7H,8,18H2,1-2H3;1H. The summed E-state index contributed by atoms with van der Waals surface area (Å²) < 4.78 is 13.1. The van der Waals surface area contributed by atoms with E-state index in [4.69, 9.17) is 17.3 Å². The summed E-state index contributed by atoms with van der Waals surface area (Å²) in [5.74, 6) is -0.396. The zero-order valence-corrected chi connectivity index (χ0v) is 12.4. The minimum atomic E-state index is -0.396. The fourth-order valence-corrected chi connectivity index (χ4v) is 2.34. The molecule has 0 heterocycles. The molecule has 102 valence electrons. The lowest BCUT2D eigenvalue weighted by Gasteiger charge is -2.11. The quantitative estimate of drug-likeness (QED) is 0.859. The van der Waals surface area contributed by atoms with Crippen molar-refractivity contribution in [2.24, 2.45) is 5.73 Å². The van der Waals surface area contributed by atoms with Crippen molar-refractivity contribution >= 4 is 24.0 Å². The van der Waals surface area contributed by atoms with Crippen LogP contribution in [0.1, 0.15) is 16.7 Å². The van der Waals surface area contributed by atoms with Crippen LogP contribution >= 0.6 is 24.0 Å². The van der Waals surface area contributed by atoms with E-state index in [1.54, 1.807) is 12.1 Å². The molecule has 0 aliphatic rings. The van der Waals surface area contributed by atoms with Crippen molar-refractivity contribution in [1.82, 2.24) is 0 Å². The van der Waals surface area contributed by atoms with E-state index < -0.39 is 5.82 Å². The third-order valence-corrected chi connectivity index (χ3v) is 3.44. The second-order valence-electron chi connectivity index (χ2n) is 4.42. The van der Waals surface area contributed by atoms with Crippen molar-refractivity contribution < 1.29 is 4.39 Å². The maximum Gasteiger partial charge on any atom is 0.141 e. The van der Waals surface area contributed by atoms with Crippen LogP contribution in [0.5, 0.6) is 0 Å². The lowest BCUT2D eigenvalue weighted by atomic mass is 9.95. The summed E-state index contributed by atoms with van der Waals surface area (Å²) in [7, 11) is 0. The summed E-state index contributed by atoms with van der Waals surface area (Å²) in [6, 6.07) is 8.88. The van der Waals surface area contributed by atoms with E-state index in [0.717, 1.165) is 27.8 Å². The first kappa shape index (κ1) is 16.0. The lowest BCUT2D eigenvalue weighted by molar-refractivity contribution is 0.628. The average molecular weight is 300 g/mol. The van der Waals surface area contributed by atoms with E-state index in [-0.39, 0.29) is 17.4 Å². The summed E-state index contributed by atoms with van der Waals surface area (Å²) in [5, 5.41) is 0.144. The highest BCUT2D eigenvalue weighted by atomic mass is 35.5. The van der Waals surface area contributed by atoms with Gasteiger partial charge < -0.3 is 5.73 Å². The zero-order chi connectivity index (χ0) is 13.3. The lowest BCUT2D eigenvalue weighted by Crippen LogP contribution is -2.02. The highest BCUT2D eigenvalue weighted by Gasteiger charge is 2.07. The molecule has 0 bridgehead atoms. The molecule has 0 saturated carbocycles. The van der Waals surface area contributed by atoms with Gasteiger partial charge >= 0.3 is 0 Å². The average Bonchev–Trinajstić information content (AvgIpc) is 2.32. The van der Waals surface area contributed by atoms with Crippen molar-refractivity contribution in [2.45, 2.75) is 20.4 Å². The van der Waals surface area contributed by atoms with Gasteiger partial charge in [-0.05, 0) is 53.8 Å². The highest BCUT2D eigenvalue weighted by molar-refractivity contribution is 6.31. The second kappa shape index (κ2) is 6.38. The number of benzene rings is 2. The first-order valence-corrected chi connectivity index (χ1v) is 6.16. The Morgan fingerprint density at radius 1 is 1.05 bits per heavy atom. The van der Waals surface area contributed by atoms with E-state index >= 15 is 0 Å². The summed E-state index contributed by atoms with van der Waals surface area (Å²) in [5.41, 5.74) is 11.1. The predicted molar refractivity (Wildman–Crippen MR) is 81.5 cm³/mol. The van der Waals surface area contributed by atoms with Crippen LogP contribution in [0.2, 0.25) is 5.02 Å². The number of hydrogen-bond acceptors (Lipinski definition) is 1. The van der Waals surface area contributed by atoms with E-state index in [2.05, 4.69) is 12.1 Å². The smallest absolute Gasteiger partial charge is 0.141 e. The molecule has 2 aromatic carbocycles. The molecule has 1 nitrogen and oxygen atoms in total. The van der Waals surface area contributed by atoms with Crippen LogP contribution in [-0.2, 0) is 6.54 Å². The molecule has 0 aliphatic heterocycles. The Bertz CT molecular complexity index is 574. The van der Waals surface area contributed by atoms with E-state index in [9.17, 15) is 4.39 Å². The highest BCUT2D eigenvalue weighted by Crippen LogP contribution is 2.28. The SMILES string of the molecule is Cc1cc(-c2ccc(F)c(Cl)c2)cc(C)c1CN.Cl. The first-order chi connectivity index (χ1) is 8.52. The molecule has 19 heavy (non-hydrogen) atoms. The van der Waals surface area contributed by atoms with Gasteiger partial charge in [0.1, 0.15) is 5.82 Å². The molecule has 2 aromatic rings. The van der Waals surface area contributed by atoms with Crippen LogP contribution in [0.4, 0.5) is 4.39 Å². The van der Waals surface area contributed by atoms with Crippen molar-refractivity contribution in [3.63, 3.8) is 0 Å². The molecular weight excluding hydrogens is 284 g/mol. The normalized spacial score (nSPS) is 10.2.